The molecule has 0 aliphatic carbocycles. The van der Waals surface area contributed by atoms with Crippen LogP contribution in [-0.2, 0) is 0 Å². The zero-order chi connectivity index (χ0) is 13.9. The van der Waals surface area contributed by atoms with E-state index in [9.17, 15) is 4.39 Å². The van der Waals surface area contributed by atoms with E-state index in [4.69, 9.17) is 10.5 Å². The van der Waals surface area contributed by atoms with E-state index in [1.165, 1.54) is 17.4 Å². The molecule has 1 aromatic heterocycles. The van der Waals surface area contributed by atoms with Gasteiger partial charge in [0.05, 0.1) is 10.2 Å². The van der Waals surface area contributed by atoms with Crippen molar-refractivity contribution in [2.45, 2.75) is 0 Å². The number of benzene rings is 2. The standard InChI is InChI=1S/C15H13FN2OS/c16-12-4-2-1-3-11(12)15-18-13-6-5-10(19-8-7-17)9-14(13)20-15/h1-6,9H,7-8,17H2. The third-order valence-electron chi connectivity index (χ3n) is 2.85. The maximum absolute atomic E-state index is 13.8. The van der Waals surface area contributed by atoms with Gasteiger partial charge in [0, 0.05) is 12.1 Å². The number of nitrogens with two attached hydrogens (primary N) is 1. The molecule has 102 valence electrons. The van der Waals surface area contributed by atoms with Crippen LogP contribution in [0.25, 0.3) is 20.8 Å². The normalized spacial score (nSPS) is 10.9. The Labute approximate surface area is 119 Å². The molecule has 0 saturated heterocycles. The van der Waals surface area contributed by atoms with E-state index < -0.39 is 0 Å². The number of hydrogen-bond donors (Lipinski definition) is 1. The lowest BCUT2D eigenvalue weighted by atomic mass is 10.2. The zero-order valence-electron chi connectivity index (χ0n) is 10.7. The molecule has 0 saturated carbocycles. The number of hydrogen-bond acceptors (Lipinski definition) is 4. The van der Waals surface area contributed by atoms with Crippen LogP contribution in [0.5, 0.6) is 5.75 Å². The second-order valence-electron chi connectivity index (χ2n) is 4.27. The van der Waals surface area contributed by atoms with Crippen LogP contribution in [-0.4, -0.2) is 18.1 Å². The number of rotatable bonds is 4. The Morgan fingerprint density at radius 1 is 1.20 bits per heavy atom. The molecule has 0 bridgehead atoms. The molecule has 0 atom stereocenters. The van der Waals surface area contributed by atoms with Gasteiger partial charge in [-0.05, 0) is 30.3 Å². The molecule has 1 heterocycles. The molecule has 0 aliphatic rings. The van der Waals surface area contributed by atoms with Crippen molar-refractivity contribution in [3.63, 3.8) is 0 Å². The van der Waals surface area contributed by atoms with Gasteiger partial charge in [-0.2, -0.15) is 0 Å². The lowest BCUT2D eigenvalue weighted by Gasteiger charge is -2.02. The summed E-state index contributed by atoms with van der Waals surface area (Å²) >= 11 is 1.45. The van der Waals surface area contributed by atoms with E-state index in [-0.39, 0.29) is 5.82 Å². The van der Waals surface area contributed by atoms with E-state index in [0.717, 1.165) is 16.0 Å². The van der Waals surface area contributed by atoms with Crippen molar-refractivity contribution >= 4 is 21.6 Å². The Balaban J connectivity index is 2.00. The summed E-state index contributed by atoms with van der Waals surface area (Å²) < 4.78 is 20.2. The molecule has 0 aliphatic heterocycles. The van der Waals surface area contributed by atoms with Gasteiger partial charge in [-0.25, -0.2) is 9.37 Å². The predicted molar refractivity (Wildman–Crippen MR) is 79.6 cm³/mol. The van der Waals surface area contributed by atoms with Gasteiger partial charge in [-0.3, -0.25) is 0 Å². The number of aromatic nitrogens is 1. The first kappa shape index (κ1) is 13.0. The molecule has 2 aromatic carbocycles. The Morgan fingerprint density at radius 3 is 2.85 bits per heavy atom. The van der Waals surface area contributed by atoms with E-state index in [0.29, 0.717) is 23.7 Å². The average Bonchev–Trinajstić information content (AvgIpc) is 2.88. The molecule has 3 rings (SSSR count). The van der Waals surface area contributed by atoms with Crippen LogP contribution in [0.3, 0.4) is 0 Å². The SMILES string of the molecule is NCCOc1ccc2nc(-c3ccccc3F)sc2c1. The molecule has 20 heavy (non-hydrogen) atoms. The molecule has 0 spiro atoms. The quantitative estimate of drug-likeness (QED) is 0.800. The number of halogens is 1. The van der Waals surface area contributed by atoms with Gasteiger partial charge in [0.25, 0.3) is 0 Å². The molecular weight excluding hydrogens is 275 g/mol. The summed E-state index contributed by atoms with van der Waals surface area (Å²) in [5, 5.41) is 0.675. The summed E-state index contributed by atoms with van der Waals surface area (Å²) in [4.78, 5) is 4.46. The van der Waals surface area contributed by atoms with Crippen LogP contribution < -0.4 is 10.5 Å². The Bertz CT molecular complexity index is 742. The molecule has 3 nitrogen and oxygen atoms in total. The lowest BCUT2D eigenvalue weighted by Crippen LogP contribution is -2.10. The topological polar surface area (TPSA) is 48.1 Å². The van der Waals surface area contributed by atoms with Gasteiger partial charge in [0.15, 0.2) is 0 Å². The van der Waals surface area contributed by atoms with Crippen molar-refractivity contribution in [3.05, 3.63) is 48.3 Å². The minimum absolute atomic E-state index is 0.258. The molecule has 0 unspecified atom stereocenters. The molecule has 5 heteroatoms. The molecule has 0 amide bonds. The average molecular weight is 288 g/mol. The molecule has 0 fully saturated rings. The first-order valence-electron chi connectivity index (χ1n) is 6.26. The third kappa shape index (κ3) is 2.50. The summed E-state index contributed by atoms with van der Waals surface area (Å²) in [6.45, 7) is 0.950. The highest BCUT2D eigenvalue weighted by Gasteiger charge is 2.10. The highest BCUT2D eigenvalue weighted by molar-refractivity contribution is 7.21. The van der Waals surface area contributed by atoms with E-state index in [1.54, 1.807) is 18.2 Å². The smallest absolute Gasteiger partial charge is 0.133 e. The van der Waals surface area contributed by atoms with Crippen LogP contribution in [0.15, 0.2) is 42.5 Å². The number of fused-ring (bicyclic) bond motifs is 1. The lowest BCUT2D eigenvalue weighted by molar-refractivity contribution is 0.329. The van der Waals surface area contributed by atoms with E-state index >= 15 is 0 Å². The van der Waals surface area contributed by atoms with Crippen molar-refractivity contribution in [2.24, 2.45) is 5.73 Å². The molecule has 3 aromatic rings. The van der Waals surface area contributed by atoms with E-state index in [1.807, 2.05) is 18.2 Å². The Hall–Kier alpha value is -1.98. The minimum Gasteiger partial charge on any atom is -0.492 e. The fraction of sp³-hybridized carbons (Fsp3) is 0.133. The van der Waals surface area contributed by atoms with Crippen LogP contribution in [0.1, 0.15) is 0 Å². The predicted octanol–water partition coefficient (Wildman–Crippen LogP) is 3.44. The zero-order valence-corrected chi connectivity index (χ0v) is 11.5. The van der Waals surface area contributed by atoms with Crippen LogP contribution in [0.2, 0.25) is 0 Å². The van der Waals surface area contributed by atoms with Crippen molar-refractivity contribution in [3.8, 4) is 16.3 Å². The third-order valence-corrected chi connectivity index (χ3v) is 3.90. The van der Waals surface area contributed by atoms with Gasteiger partial charge in [-0.1, -0.05) is 12.1 Å². The fourth-order valence-corrected chi connectivity index (χ4v) is 2.94. The fourth-order valence-electron chi connectivity index (χ4n) is 1.92. The van der Waals surface area contributed by atoms with E-state index in [2.05, 4.69) is 4.98 Å². The highest BCUT2D eigenvalue weighted by atomic mass is 32.1. The van der Waals surface area contributed by atoms with Gasteiger partial charge in [0.2, 0.25) is 0 Å². The second kappa shape index (κ2) is 5.56. The first-order chi connectivity index (χ1) is 9.78. The van der Waals surface area contributed by atoms with Gasteiger partial charge >= 0.3 is 0 Å². The second-order valence-corrected chi connectivity index (χ2v) is 5.30. The minimum atomic E-state index is -0.258. The Kier molecular flexibility index (Phi) is 3.62. The first-order valence-corrected chi connectivity index (χ1v) is 7.08. The van der Waals surface area contributed by atoms with Crippen molar-refractivity contribution in [2.75, 3.05) is 13.2 Å². The number of ether oxygens (including phenoxy) is 1. The molecule has 0 radical (unpaired) electrons. The summed E-state index contributed by atoms with van der Waals surface area (Å²) in [5.41, 5.74) is 6.78. The maximum Gasteiger partial charge on any atom is 0.133 e. The van der Waals surface area contributed by atoms with Gasteiger partial charge in [0.1, 0.15) is 23.2 Å². The number of thiazole rings is 1. The van der Waals surface area contributed by atoms with Crippen molar-refractivity contribution in [1.29, 1.82) is 0 Å². The van der Waals surface area contributed by atoms with Crippen LogP contribution >= 0.6 is 11.3 Å². The summed E-state index contributed by atoms with van der Waals surface area (Å²) in [7, 11) is 0. The van der Waals surface area contributed by atoms with Gasteiger partial charge < -0.3 is 10.5 Å². The highest BCUT2D eigenvalue weighted by Crippen LogP contribution is 2.33. The summed E-state index contributed by atoms with van der Waals surface area (Å²) in [6.07, 6.45) is 0. The van der Waals surface area contributed by atoms with Gasteiger partial charge in [-0.15, -0.1) is 11.3 Å². The number of nitrogens with zero attached hydrogens (tertiary/aromatic N) is 1. The maximum atomic E-state index is 13.8. The summed E-state index contributed by atoms with van der Waals surface area (Å²) in [5.74, 6) is 0.498. The monoisotopic (exact) mass is 288 g/mol. The molecular formula is C15H13FN2OS. The Morgan fingerprint density at radius 2 is 2.05 bits per heavy atom. The van der Waals surface area contributed by atoms with Crippen LogP contribution in [0.4, 0.5) is 4.39 Å². The largest absolute Gasteiger partial charge is 0.492 e. The summed E-state index contributed by atoms with van der Waals surface area (Å²) in [6, 6.07) is 12.3. The van der Waals surface area contributed by atoms with Crippen molar-refractivity contribution < 1.29 is 9.13 Å². The molecule has 2 N–H and O–H groups in total. The van der Waals surface area contributed by atoms with Crippen LogP contribution in [0, 0.1) is 5.82 Å². The van der Waals surface area contributed by atoms with Crippen molar-refractivity contribution in [1.82, 2.24) is 4.98 Å².